The first-order chi connectivity index (χ1) is 10.1. The van der Waals surface area contributed by atoms with Gasteiger partial charge in [-0.3, -0.25) is 4.79 Å². The van der Waals surface area contributed by atoms with E-state index < -0.39 is 0 Å². The van der Waals surface area contributed by atoms with Crippen molar-refractivity contribution in [3.8, 4) is 5.75 Å². The van der Waals surface area contributed by atoms with E-state index in [0.29, 0.717) is 17.2 Å². The molecule has 4 heteroatoms. The Kier molecular flexibility index (Phi) is 5.23. The van der Waals surface area contributed by atoms with E-state index >= 15 is 0 Å². The molecule has 21 heavy (non-hydrogen) atoms. The highest BCUT2D eigenvalue weighted by Gasteiger charge is 2.13. The van der Waals surface area contributed by atoms with E-state index in [-0.39, 0.29) is 11.9 Å². The zero-order valence-corrected chi connectivity index (χ0v) is 12.9. The molecule has 0 saturated heterocycles. The van der Waals surface area contributed by atoms with Crippen molar-refractivity contribution in [1.29, 1.82) is 0 Å². The number of hydrogen-bond donors (Lipinski definition) is 1. The van der Waals surface area contributed by atoms with Gasteiger partial charge in [0.1, 0.15) is 5.75 Å². The predicted octanol–water partition coefficient (Wildman–Crippen LogP) is 4.23. The fourth-order valence-corrected chi connectivity index (χ4v) is 2.35. The Morgan fingerprint density at radius 3 is 2.48 bits per heavy atom. The molecule has 0 bridgehead atoms. The van der Waals surface area contributed by atoms with Crippen LogP contribution in [0.3, 0.4) is 0 Å². The third-order valence-corrected chi connectivity index (χ3v) is 3.49. The molecule has 0 aromatic heterocycles. The molecule has 0 heterocycles. The second-order valence-electron chi connectivity index (χ2n) is 4.67. The first-order valence-corrected chi connectivity index (χ1v) is 7.27. The van der Waals surface area contributed by atoms with Gasteiger partial charge in [0.2, 0.25) is 0 Å². The summed E-state index contributed by atoms with van der Waals surface area (Å²) in [6.07, 6.45) is 0. The van der Waals surface area contributed by atoms with Gasteiger partial charge in [-0.05, 0) is 49.7 Å². The first-order valence-electron chi connectivity index (χ1n) is 6.90. The van der Waals surface area contributed by atoms with Crippen LogP contribution >= 0.6 is 11.6 Å². The Bertz CT molecular complexity index is 610. The molecule has 0 aliphatic heterocycles. The third kappa shape index (κ3) is 3.99. The van der Waals surface area contributed by atoms with Crippen LogP contribution in [-0.4, -0.2) is 12.5 Å². The molecule has 1 amide bonds. The Balaban J connectivity index is 2.05. The minimum Gasteiger partial charge on any atom is -0.494 e. The van der Waals surface area contributed by atoms with Crippen molar-refractivity contribution in [1.82, 2.24) is 5.32 Å². The monoisotopic (exact) mass is 303 g/mol. The van der Waals surface area contributed by atoms with Crippen LogP contribution in [-0.2, 0) is 0 Å². The lowest BCUT2D eigenvalue weighted by atomic mass is 10.1. The minimum absolute atomic E-state index is 0.134. The van der Waals surface area contributed by atoms with E-state index in [1.54, 1.807) is 24.3 Å². The summed E-state index contributed by atoms with van der Waals surface area (Å²) in [5, 5.41) is 3.59. The van der Waals surface area contributed by atoms with Gasteiger partial charge in [-0.25, -0.2) is 0 Å². The van der Waals surface area contributed by atoms with Crippen LogP contribution < -0.4 is 10.1 Å². The molecular formula is C17H18ClNO2. The Labute approximate surface area is 129 Å². The number of hydrogen-bond acceptors (Lipinski definition) is 2. The summed E-state index contributed by atoms with van der Waals surface area (Å²) in [5.41, 5.74) is 1.50. The van der Waals surface area contributed by atoms with Gasteiger partial charge in [-0.2, -0.15) is 0 Å². The largest absolute Gasteiger partial charge is 0.494 e. The maximum atomic E-state index is 12.2. The van der Waals surface area contributed by atoms with Gasteiger partial charge < -0.3 is 10.1 Å². The average molecular weight is 304 g/mol. The molecule has 1 unspecified atom stereocenters. The molecule has 1 N–H and O–H groups in total. The number of carbonyl (C=O) groups excluding carboxylic acids is 1. The molecule has 0 radical (unpaired) electrons. The van der Waals surface area contributed by atoms with E-state index in [0.717, 1.165) is 11.3 Å². The lowest BCUT2D eigenvalue weighted by Gasteiger charge is -2.15. The van der Waals surface area contributed by atoms with Crippen LogP contribution in [0.25, 0.3) is 0 Å². The first kappa shape index (κ1) is 15.4. The zero-order chi connectivity index (χ0) is 15.2. The van der Waals surface area contributed by atoms with E-state index in [1.807, 2.05) is 38.1 Å². The van der Waals surface area contributed by atoms with Gasteiger partial charge in [0.25, 0.3) is 5.91 Å². The number of rotatable bonds is 5. The molecule has 0 aliphatic rings. The fraction of sp³-hybridized carbons (Fsp3) is 0.235. The summed E-state index contributed by atoms with van der Waals surface area (Å²) >= 11 is 6.14. The van der Waals surface area contributed by atoms with Crippen LogP contribution in [0.2, 0.25) is 5.02 Å². The van der Waals surface area contributed by atoms with E-state index in [9.17, 15) is 4.79 Å². The normalized spacial score (nSPS) is 11.8. The number of amides is 1. The molecule has 0 spiro atoms. The Hall–Kier alpha value is -2.00. The second-order valence-corrected chi connectivity index (χ2v) is 5.08. The van der Waals surface area contributed by atoms with Crippen molar-refractivity contribution < 1.29 is 9.53 Å². The summed E-state index contributed by atoms with van der Waals surface area (Å²) in [7, 11) is 0. The molecule has 2 rings (SSSR count). The predicted molar refractivity (Wildman–Crippen MR) is 84.9 cm³/mol. The highest BCUT2D eigenvalue weighted by atomic mass is 35.5. The number of nitrogens with one attached hydrogen (secondary N) is 1. The SMILES string of the molecule is CCOc1ccc(C(=O)NC(C)c2ccccc2Cl)cc1. The van der Waals surface area contributed by atoms with Gasteiger partial charge in [0, 0.05) is 10.6 Å². The van der Waals surface area contributed by atoms with Gasteiger partial charge in [-0.1, -0.05) is 29.8 Å². The Morgan fingerprint density at radius 1 is 1.19 bits per heavy atom. The molecule has 0 saturated carbocycles. The van der Waals surface area contributed by atoms with Crippen molar-refractivity contribution in [3.63, 3.8) is 0 Å². The van der Waals surface area contributed by atoms with Gasteiger partial charge in [-0.15, -0.1) is 0 Å². The summed E-state index contributed by atoms with van der Waals surface area (Å²) in [5.74, 6) is 0.624. The number of carbonyl (C=O) groups is 1. The number of ether oxygens (including phenoxy) is 1. The highest BCUT2D eigenvalue weighted by Crippen LogP contribution is 2.22. The number of benzene rings is 2. The topological polar surface area (TPSA) is 38.3 Å². The fourth-order valence-electron chi connectivity index (χ4n) is 2.05. The minimum atomic E-state index is -0.155. The van der Waals surface area contributed by atoms with E-state index in [2.05, 4.69) is 5.32 Å². The summed E-state index contributed by atoms with van der Waals surface area (Å²) < 4.78 is 5.36. The maximum Gasteiger partial charge on any atom is 0.251 e. The summed E-state index contributed by atoms with van der Waals surface area (Å²) in [6, 6.07) is 14.4. The average Bonchev–Trinajstić information content (AvgIpc) is 2.48. The molecule has 0 fully saturated rings. The van der Waals surface area contributed by atoms with E-state index in [1.165, 1.54) is 0 Å². The van der Waals surface area contributed by atoms with Crippen molar-refractivity contribution in [2.75, 3.05) is 6.61 Å². The third-order valence-electron chi connectivity index (χ3n) is 3.15. The maximum absolute atomic E-state index is 12.2. The van der Waals surface area contributed by atoms with Crippen molar-refractivity contribution >= 4 is 17.5 Å². The van der Waals surface area contributed by atoms with E-state index in [4.69, 9.17) is 16.3 Å². The van der Waals surface area contributed by atoms with Crippen molar-refractivity contribution in [2.24, 2.45) is 0 Å². The molecule has 2 aromatic rings. The lowest BCUT2D eigenvalue weighted by molar-refractivity contribution is 0.0940. The van der Waals surface area contributed by atoms with Crippen LogP contribution in [0, 0.1) is 0 Å². The smallest absolute Gasteiger partial charge is 0.251 e. The zero-order valence-electron chi connectivity index (χ0n) is 12.1. The number of halogens is 1. The standard InChI is InChI=1S/C17H18ClNO2/c1-3-21-14-10-8-13(9-11-14)17(20)19-12(2)15-6-4-5-7-16(15)18/h4-12H,3H2,1-2H3,(H,19,20). The molecular weight excluding hydrogens is 286 g/mol. The lowest BCUT2D eigenvalue weighted by Crippen LogP contribution is -2.26. The quantitative estimate of drug-likeness (QED) is 0.897. The summed E-state index contributed by atoms with van der Waals surface area (Å²) in [4.78, 5) is 12.2. The van der Waals surface area contributed by atoms with Gasteiger partial charge in [0.15, 0.2) is 0 Å². The van der Waals surface area contributed by atoms with Gasteiger partial charge >= 0.3 is 0 Å². The van der Waals surface area contributed by atoms with Crippen LogP contribution in [0.1, 0.15) is 35.8 Å². The van der Waals surface area contributed by atoms with Crippen LogP contribution in [0.4, 0.5) is 0 Å². The van der Waals surface area contributed by atoms with Crippen molar-refractivity contribution in [3.05, 3.63) is 64.7 Å². The molecule has 3 nitrogen and oxygen atoms in total. The molecule has 0 aliphatic carbocycles. The molecule has 1 atom stereocenters. The highest BCUT2D eigenvalue weighted by molar-refractivity contribution is 6.31. The molecule has 2 aromatic carbocycles. The van der Waals surface area contributed by atoms with Crippen molar-refractivity contribution in [2.45, 2.75) is 19.9 Å². The summed E-state index contributed by atoms with van der Waals surface area (Å²) in [6.45, 7) is 4.44. The van der Waals surface area contributed by atoms with Crippen LogP contribution in [0.15, 0.2) is 48.5 Å². The molecule has 110 valence electrons. The Morgan fingerprint density at radius 2 is 1.86 bits per heavy atom. The second kappa shape index (κ2) is 7.14. The van der Waals surface area contributed by atoms with Gasteiger partial charge in [0.05, 0.1) is 12.6 Å². The van der Waals surface area contributed by atoms with Crippen LogP contribution in [0.5, 0.6) is 5.75 Å².